The third-order valence-electron chi connectivity index (χ3n) is 3.71. The number of carbonyl (C=O) groups excluding carboxylic acids is 1. The number of halogens is 1. The lowest BCUT2D eigenvalue weighted by molar-refractivity contribution is -0.115. The Bertz CT molecular complexity index is 947. The molecule has 3 aromatic rings. The second-order valence-corrected chi connectivity index (χ2v) is 6.75. The van der Waals surface area contributed by atoms with Crippen LogP contribution in [0.4, 0.5) is 10.4 Å². The van der Waals surface area contributed by atoms with Crippen LogP contribution in [0.15, 0.2) is 51.8 Å². The first-order chi connectivity index (χ1) is 13.6. The lowest BCUT2D eigenvalue weighted by Crippen LogP contribution is -2.12. The number of aromatic nitrogens is 2. The average molecular weight is 403 g/mol. The maximum atomic E-state index is 12.9. The molecule has 0 atom stereocenters. The number of hydrogen-bond donors (Lipinski definition) is 1. The van der Waals surface area contributed by atoms with Crippen LogP contribution >= 0.6 is 11.8 Å². The Kier molecular flexibility index (Phi) is 6.49. The van der Waals surface area contributed by atoms with E-state index in [0.29, 0.717) is 22.8 Å². The number of anilines is 1. The van der Waals surface area contributed by atoms with Gasteiger partial charge in [0.15, 0.2) is 11.5 Å². The molecule has 1 amide bonds. The number of benzene rings is 2. The molecule has 1 heterocycles. The van der Waals surface area contributed by atoms with Gasteiger partial charge in [0, 0.05) is 22.6 Å². The molecular formula is C19H18FN3O4S. The van der Waals surface area contributed by atoms with Crippen molar-refractivity contribution < 1.29 is 23.1 Å². The quantitative estimate of drug-likeness (QED) is 0.569. The van der Waals surface area contributed by atoms with Crippen LogP contribution in [-0.4, -0.2) is 36.1 Å². The molecule has 0 aliphatic rings. The van der Waals surface area contributed by atoms with E-state index in [4.69, 9.17) is 13.9 Å². The lowest BCUT2D eigenvalue weighted by Gasteiger charge is -2.07. The summed E-state index contributed by atoms with van der Waals surface area (Å²) >= 11 is 1.46. The van der Waals surface area contributed by atoms with Gasteiger partial charge in [-0.2, -0.15) is 0 Å². The highest BCUT2D eigenvalue weighted by molar-refractivity contribution is 7.99. The molecule has 0 bridgehead atoms. The molecule has 0 saturated heterocycles. The van der Waals surface area contributed by atoms with Crippen LogP contribution in [0.1, 0.15) is 6.42 Å². The van der Waals surface area contributed by atoms with Crippen LogP contribution in [0.3, 0.4) is 0 Å². The van der Waals surface area contributed by atoms with Crippen LogP contribution in [-0.2, 0) is 4.79 Å². The smallest absolute Gasteiger partial charge is 0.322 e. The van der Waals surface area contributed by atoms with Crippen LogP contribution in [0.2, 0.25) is 0 Å². The molecule has 28 heavy (non-hydrogen) atoms. The van der Waals surface area contributed by atoms with Gasteiger partial charge in [0.2, 0.25) is 11.8 Å². The van der Waals surface area contributed by atoms with Gasteiger partial charge in [-0.1, -0.05) is 5.10 Å². The Labute approximate surface area is 165 Å². The van der Waals surface area contributed by atoms with E-state index in [1.807, 2.05) is 0 Å². The summed E-state index contributed by atoms with van der Waals surface area (Å²) in [5.41, 5.74) is 0.637. The van der Waals surface area contributed by atoms with E-state index in [9.17, 15) is 9.18 Å². The number of nitrogens with zero attached hydrogens (tertiary/aromatic N) is 2. The van der Waals surface area contributed by atoms with Crippen molar-refractivity contribution in [3.8, 4) is 23.0 Å². The molecule has 1 N–H and O–H groups in total. The molecule has 0 aliphatic heterocycles. The van der Waals surface area contributed by atoms with E-state index in [1.165, 1.54) is 31.0 Å². The predicted octanol–water partition coefficient (Wildman–Crippen LogP) is 4.01. The van der Waals surface area contributed by atoms with Gasteiger partial charge in [0.25, 0.3) is 0 Å². The van der Waals surface area contributed by atoms with E-state index in [0.717, 1.165) is 4.90 Å². The Hall–Kier alpha value is -3.07. The summed E-state index contributed by atoms with van der Waals surface area (Å²) in [6.07, 6.45) is 0.246. The topological polar surface area (TPSA) is 86.5 Å². The fourth-order valence-corrected chi connectivity index (χ4v) is 3.19. The SMILES string of the molecule is COc1ccc(-c2nnc(NC(=O)CCSc3ccc(F)cc3)o2)cc1OC. The number of ether oxygens (including phenoxy) is 2. The molecule has 0 aliphatic carbocycles. The van der Waals surface area contributed by atoms with Gasteiger partial charge in [-0.05, 0) is 42.5 Å². The Balaban J connectivity index is 1.55. The molecule has 2 aromatic carbocycles. The molecular weight excluding hydrogens is 385 g/mol. The fraction of sp³-hybridized carbons (Fsp3) is 0.211. The van der Waals surface area contributed by atoms with Crippen LogP contribution in [0.5, 0.6) is 11.5 Å². The van der Waals surface area contributed by atoms with Gasteiger partial charge >= 0.3 is 6.01 Å². The highest BCUT2D eigenvalue weighted by atomic mass is 32.2. The van der Waals surface area contributed by atoms with Crippen molar-refractivity contribution in [3.05, 3.63) is 48.3 Å². The largest absolute Gasteiger partial charge is 0.493 e. The monoisotopic (exact) mass is 403 g/mol. The number of methoxy groups -OCH3 is 2. The Morgan fingerprint density at radius 1 is 1.11 bits per heavy atom. The van der Waals surface area contributed by atoms with Gasteiger partial charge in [-0.15, -0.1) is 16.9 Å². The fourth-order valence-electron chi connectivity index (χ4n) is 2.33. The molecule has 0 spiro atoms. The van der Waals surface area contributed by atoms with E-state index >= 15 is 0 Å². The second-order valence-electron chi connectivity index (χ2n) is 5.58. The Morgan fingerprint density at radius 3 is 2.57 bits per heavy atom. The summed E-state index contributed by atoms with van der Waals surface area (Å²) in [5.74, 6) is 1.35. The molecule has 0 unspecified atom stereocenters. The molecule has 0 saturated carbocycles. The van der Waals surface area contributed by atoms with Crippen LogP contribution in [0, 0.1) is 5.82 Å². The molecule has 0 fully saturated rings. The third kappa shape index (κ3) is 5.01. The molecule has 1 aromatic heterocycles. The van der Waals surface area contributed by atoms with Crippen LogP contribution in [0.25, 0.3) is 11.5 Å². The van der Waals surface area contributed by atoms with Gasteiger partial charge in [0.05, 0.1) is 14.2 Å². The summed E-state index contributed by atoms with van der Waals surface area (Å²) in [6.45, 7) is 0. The number of rotatable bonds is 8. The zero-order chi connectivity index (χ0) is 19.9. The van der Waals surface area contributed by atoms with Gasteiger partial charge in [-0.3, -0.25) is 10.1 Å². The average Bonchev–Trinajstić information content (AvgIpc) is 3.17. The van der Waals surface area contributed by atoms with Crippen LogP contribution < -0.4 is 14.8 Å². The minimum atomic E-state index is -0.288. The maximum absolute atomic E-state index is 12.9. The van der Waals surface area contributed by atoms with E-state index in [2.05, 4.69) is 15.5 Å². The van der Waals surface area contributed by atoms with Gasteiger partial charge in [-0.25, -0.2) is 4.39 Å². The van der Waals surface area contributed by atoms with Crippen molar-refractivity contribution >= 4 is 23.7 Å². The predicted molar refractivity (Wildman–Crippen MR) is 103 cm³/mol. The first-order valence-electron chi connectivity index (χ1n) is 8.33. The summed E-state index contributed by atoms with van der Waals surface area (Å²) in [7, 11) is 3.08. The van der Waals surface area contributed by atoms with Crippen molar-refractivity contribution in [2.45, 2.75) is 11.3 Å². The normalized spacial score (nSPS) is 10.5. The second kappa shape index (κ2) is 9.23. The van der Waals surface area contributed by atoms with Crippen molar-refractivity contribution in [3.63, 3.8) is 0 Å². The summed E-state index contributed by atoms with van der Waals surface area (Å²) in [4.78, 5) is 12.9. The minimum absolute atomic E-state index is 0.0153. The van der Waals surface area contributed by atoms with Crippen molar-refractivity contribution in [1.82, 2.24) is 10.2 Å². The number of amides is 1. The highest BCUT2D eigenvalue weighted by Crippen LogP contribution is 2.32. The summed E-state index contributed by atoms with van der Waals surface area (Å²) in [5, 5.41) is 10.3. The van der Waals surface area contributed by atoms with Crippen molar-refractivity contribution in [2.75, 3.05) is 25.3 Å². The maximum Gasteiger partial charge on any atom is 0.322 e. The number of thioether (sulfide) groups is 1. The van der Waals surface area contributed by atoms with Gasteiger partial charge in [0.1, 0.15) is 5.82 Å². The number of nitrogens with one attached hydrogen (secondary N) is 1. The highest BCUT2D eigenvalue weighted by Gasteiger charge is 2.14. The van der Waals surface area contributed by atoms with Crippen molar-refractivity contribution in [2.24, 2.45) is 0 Å². The molecule has 9 heteroatoms. The third-order valence-corrected chi connectivity index (χ3v) is 4.73. The number of carbonyl (C=O) groups is 1. The zero-order valence-corrected chi connectivity index (χ0v) is 16.1. The van der Waals surface area contributed by atoms with Gasteiger partial charge < -0.3 is 13.9 Å². The first-order valence-corrected chi connectivity index (χ1v) is 9.31. The Morgan fingerprint density at radius 2 is 1.86 bits per heavy atom. The lowest BCUT2D eigenvalue weighted by atomic mass is 10.2. The van der Waals surface area contributed by atoms with E-state index in [-0.39, 0.29) is 30.1 Å². The molecule has 3 rings (SSSR count). The summed E-state index contributed by atoms with van der Waals surface area (Å²) < 4.78 is 28.8. The zero-order valence-electron chi connectivity index (χ0n) is 15.3. The molecule has 0 radical (unpaired) electrons. The summed E-state index contributed by atoms with van der Waals surface area (Å²) in [6, 6.07) is 11.3. The standard InChI is InChI=1S/C19H18FN3O4S/c1-25-15-8-3-12(11-16(15)26-2)18-22-23-19(27-18)21-17(24)9-10-28-14-6-4-13(20)5-7-14/h3-8,11H,9-10H2,1-2H3,(H,21,23,24). The van der Waals surface area contributed by atoms with Crippen molar-refractivity contribution in [1.29, 1.82) is 0 Å². The first kappa shape index (κ1) is 19.7. The van der Waals surface area contributed by atoms with E-state index in [1.54, 1.807) is 37.4 Å². The molecule has 7 nitrogen and oxygen atoms in total. The molecule has 146 valence electrons. The number of hydrogen-bond acceptors (Lipinski definition) is 7. The van der Waals surface area contributed by atoms with E-state index < -0.39 is 0 Å². The minimum Gasteiger partial charge on any atom is -0.493 e.